The van der Waals surface area contributed by atoms with Crippen LogP contribution in [0, 0.1) is 0 Å². The summed E-state index contributed by atoms with van der Waals surface area (Å²) >= 11 is 1.23. The van der Waals surface area contributed by atoms with E-state index < -0.39 is 5.91 Å². The van der Waals surface area contributed by atoms with E-state index in [1.807, 2.05) is 0 Å². The van der Waals surface area contributed by atoms with Gasteiger partial charge in [0.15, 0.2) is 0 Å². The van der Waals surface area contributed by atoms with Crippen LogP contribution in [0.2, 0.25) is 0 Å². The third-order valence-electron chi connectivity index (χ3n) is 4.91. The highest BCUT2D eigenvalue weighted by molar-refractivity contribution is 7.21. The molecule has 140 valence electrons. The molecule has 0 aromatic carbocycles. The van der Waals surface area contributed by atoms with Crippen LogP contribution in [0.25, 0.3) is 10.2 Å². The molecule has 0 bridgehead atoms. The molecule has 0 radical (unpaired) electrons. The average Bonchev–Trinajstić information content (AvgIpc) is 2.99. The van der Waals surface area contributed by atoms with Crippen LogP contribution >= 0.6 is 11.3 Å². The summed E-state index contributed by atoms with van der Waals surface area (Å²) in [7, 11) is 0. The molecule has 2 saturated heterocycles. The van der Waals surface area contributed by atoms with Crippen molar-refractivity contribution >= 4 is 44.9 Å². The summed E-state index contributed by atoms with van der Waals surface area (Å²) in [5.74, 6) is 0.872. The summed E-state index contributed by atoms with van der Waals surface area (Å²) in [4.78, 5) is 26.6. The number of morpholine rings is 1. The minimum absolute atomic E-state index is 0.229. The molecule has 2 aliphatic rings. The average molecular weight is 377 g/mol. The molecule has 10 heteroatoms. The molecule has 0 atom stereocenters. The Balaban J connectivity index is 1.82. The van der Waals surface area contributed by atoms with Crippen LogP contribution in [0.4, 0.5) is 17.5 Å². The van der Waals surface area contributed by atoms with E-state index in [0.29, 0.717) is 39.9 Å². The number of carbonyl (C=O) groups excluding carboxylic acids is 1. The molecular formula is C16H23N7O2S. The first kappa shape index (κ1) is 17.3. The van der Waals surface area contributed by atoms with E-state index in [9.17, 15) is 4.79 Å². The number of aromatic nitrogens is 2. The Morgan fingerprint density at radius 2 is 1.81 bits per heavy atom. The van der Waals surface area contributed by atoms with Gasteiger partial charge in [-0.3, -0.25) is 4.79 Å². The number of carbonyl (C=O) groups is 1. The maximum absolute atomic E-state index is 11.7. The van der Waals surface area contributed by atoms with Crippen molar-refractivity contribution in [3.8, 4) is 0 Å². The van der Waals surface area contributed by atoms with Gasteiger partial charge in [0, 0.05) is 32.2 Å². The fourth-order valence-electron chi connectivity index (χ4n) is 3.42. The molecule has 4 rings (SSSR count). The largest absolute Gasteiger partial charge is 0.397 e. The van der Waals surface area contributed by atoms with Crippen molar-refractivity contribution in [2.45, 2.75) is 18.9 Å². The summed E-state index contributed by atoms with van der Waals surface area (Å²) in [6.07, 6.45) is 1.82. The van der Waals surface area contributed by atoms with Gasteiger partial charge in [0.25, 0.3) is 5.91 Å². The minimum atomic E-state index is -0.538. The molecule has 9 nitrogen and oxygen atoms in total. The molecule has 2 aromatic rings. The predicted molar refractivity (Wildman–Crippen MR) is 103 cm³/mol. The van der Waals surface area contributed by atoms with Crippen molar-refractivity contribution < 1.29 is 9.53 Å². The number of fused-ring (bicyclic) bond motifs is 1. The smallest absolute Gasteiger partial charge is 0.260 e. The molecule has 0 spiro atoms. The number of nitrogens with two attached hydrogens (primary N) is 3. The number of primary amides is 1. The Bertz CT molecular complexity index is 826. The molecule has 0 aliphatic carbocycles. The van der Waals surface area contributed by atoms with Gasteiger partial charge in [-0.15, -0.1) is 11.3 Å². The van der Waals surface area contributed by atoms with Gasteiger partial charge in [-0.25, -0.2) is 4.98 Å². The molecule has 0 unspecified atom stereocenters. The lowest BCUT2D eigenvalue weighted by Gasteiger charge is -2.32. The molecule has 26 heavy (non-hydrogen) atoms. The van der Waals surface area contributed by atoms with Crippen molar-refractivity contribution in [1.29, 1.82) is 0 Å². The van der Waals surface area contributed by atoms with E-state index in [-0.39, 0.29) is 6.04 Å². The van der Waals surface area contributed by atoms with Crippen molar-refractivity contribution in [2.75, 3.05) is 54.9 Å². The van der Waals surface area contributed by atoms with Crippen molar-refractivity contribution in [2.24, 2.45) is 11.5 Å². The lowest BCUT2D eigenvalue weighted by Crippen LogP contribution is -2.41. The first-order chi connectivity index (χ1) is 12.5. The van der Waals surface area contributed by atoms with Crippen molar-refractivity contribution in [3.63, 3.8) is 0 Å². The Hall–Kier alpha value is -2.17. The Labute approximate surface area is 155 Å². The summed E-state index contributed by atoms with van der Waals surface area (Å²) in [6, 6.07) is 0.229. The standard InChI is InChI=1S/C16H23N7O2S/c17-9-1-3-23(4-2-9)16-20-14(22-5-7-25-8-6-22)10-11(18)12(13(19)24)26-15(10)21-16/h9H,1-8,17-18H2,(H2,19,24). The van der Waals surface area contributed by atoms with Gasteiger partial charge in [-0.05, 0) is 12.8 Å². The van der Waals surface area contributed by atoms with Crippen LogP contribution in [0.5, 0.6) is 0 Å². The number of rotatable bonds is 3. The Morgan fingerprint density at radius 1 is 1.12 bits per heavy atom. The van der Waals surface area contributed by atoms with Crippen LogP contribution in [0.1, 0.15) is 22.5 Å². The van der Waals surface area contributed by atoms with E-state index in [1.165, 1.54) is 11.3 Å². The number of hydrogen-bond acceptors (Lipinski definition) is 9. The number of ether oxygens (including phenoxy) is 1. The van der Waals surface area contributed by atoms with E-state index >= 15 is 0 Å². The van der Waals surface area contributed by atoms with Crippen LogP contribution in [0.3, 0.4) is 0 Å². The van der Waals surface area contributed by atoms with E-state index in [4.69, 9.17) is 31.9 Å². The first-order valence-electron chi connectivity index (χ1n) is 8.77. The summed E-state index contributed by atoms with van der Waals surface area (Å²) in [5, 5.41) is 0.711. The maximum atomic E-state index is 11.7. The second kappa shape index (κ2) is 6.86. The van der Waals surface area contributed by atoms with Gasteiger partial charge < -0.3 is 31.7 Å². The molecule has 2 aromatic heterocycles. The zero-order valence-corrected chi connectivity index (χ0v) is 15.3. The van der Waals surface area contributed by atoms with Crippen LogP contribution < -0.4 is 27.0 Å². The highest BCUT2D eigenvalue weighted by Crippen LogP contribution is 2.39. The van der Waals surface area contributed by atoms with Crippen molar-refractivity contribution in [1.82, 2.24) is 9.97 Å². The second-order valence-corrected chi connectivity index (χ2v) is 7.66. The highest BCUT2D eigenvalue weighted by atomic mass is 32.1. The quantitative estimate of drug-likeness (QED) is 0.687. The van der Waals surface area contributed by atoms with Gasteiger partial charge in [0.05, 0.1) is 24.3 Å². The molecule has 0 saturated carbocycles. The van der Waals surface area contributed by atoms with Crippen LogP contribution in [0.15, 0.2) is 0 Å². The number of nitrogens with zero attached hydrogens (tertiary/aromatic N) is 4. The summed E-state index contributed by atoms with van der Waals surface area (Å²) < 4.78 is 5.45. The maximum Gasteiger partial charge on any atom is 0.260 e. The van der Waals surface area contributed by atoms with Gasteiger partial charge in [0.1, 0.15) is 15.5 Å². The number of piperidine rings is 1. The predicted octanol–water partition coefficient (Wildman–Crippen LogP) is 0.137. The zero-order valence-electron chi connectivity index (χ0n) is 14.5. The molecule has 4 heterocycles. The van der Waals surface area contributed by atoms with Gasteiger partial charge in [0.2, 0.25) is 5.95 Å². The lowest BCUT2D eigenvalue weighted by molar-refractivity contribution is 0.100. The second-order valence-electron chi connectivity index (χ2n) is 6.66. The van der Waals surface area contributed by atoms with Gasteiger partial charge in [-0.2, -0.15) is 4.98 Å². The number of thiophene rings is 1. The third kappa shape index (κ3) is 3.04. The van der Waals surface area contributed by atoms with Gasteiger partial charge in [-0.1, -0.05) is 0 Å². The van der Waals surface area contributed by atoms with Gasteiger partial charge >= 0.3 is 0 Å². The van der Waals surface area contributed by atoms with Crippen LogP contribution in [-0.4, -0.2) is 61.3 Å². The molecule has 1 amide bonds. The molecular weight excluding hydrogens is 354 g/mol. The van der Waals surface area contributed by atoms with E-state index in [2.05, 4.69) is 9.80 Å². The fourth-order valence-corrected chi connectivity index (χ4v) is 4.36. The zero-order chi connectivity index (χ0) is 18.3. The first-order valence-corrected chi connectivity index (χ1v) is 9.59. The highest BCUT2D eigenvalue weighted by Gasteiger charge is 2.26. The fraction of sp³-hybridized carbons (Fsp3) is 0.562. The van der Waals surface area contributed by atoms with E-state index in [1.54, 1.807) is 0 Å². The minimum Gasteiger partial charge on any atom is -0.397 e. The summed E-state index contributed by atoms with van der Waals surface area (Å²) in [6.45, 7) is 4.34. The Kier molecular flexibility index (Phi) is 4.55. The van der Waals surface area contributed by atoms with E-state index in [0.717, 1.165) is 44.8 Å². The normalized spacial score (nSPS) is 19.3. The van der Waals surface area contributed by atoms with Crippen LogP contribution in [-0.2, 0) is 4.74 Å². The molecule has 6 N–H and O–H groups in total. The molecule has 2 aliphatic heterocycles. The number of hydrogen-bond donors (Lipinski definition) is 3. The third-order valence-corrected chi connectivity index (χ3v) is 6.03. The Morgan fingerprint density at radius 3 is 2.46 bits per heavy atom. The SMILES string of the molecule is NC(=O)c1sc2nc(N3CCC(N)CC3)nc(N3CCOCC3)c2c1N. The monoisotopic (exact) mass is 377 g/mol. The summed E-state index contributed by atoms with van der Waals surface area (Å²) in [5.41, 5.74) is 18.1. The topological polar surface area (TPSA) is 137 Å². The van der Waals surface area contributed by atoms with Crippen molar-refractivity contribution in [3.05, 3.63) is 4.88 Å². The number of amides is 1. The number of nitrogen functional groups attached to an aromatic ring is 1. The lowest BCUT2D eigenvalue weighted by atomic mass is 10.1. The molecule has 2 fully saturated rings. The number of anilines is 3.